The lowest BCUT2D eigenvalue weighted by Gasteiger charge is -2.33. The molecule has 0 fully saturated rings. The van der Waals surface area contributed by atoms with Crippen molar-refractivity contribution in [1.29, 1.82) is 0 Å². The van der Waals surface area contributed by atoms with E-state index >= 15 is 0 Å². The maximum Gasteiger partial charge on any atom is 0.410 e. The van der Waals surface area contributed by atoms with Gasteiger partial charge in [-0.25, -0.2) is 4.68 Å². The highest BCUT2D eigenvalue weighted by Gasteiger charge is 2.46. The van der Waals surface area contributed by atoms with Crippen LogP contribution in [0.5, 0.6) is 0 Å². The number of hydrogen-bond donors (Lipinski definition) is 2. The van der Waals surface area contributed by atoms with Crippen LogP contribution in [-0.4, -0.2) is 21.9 Å². The van der Waals surface area contributed by atoms with Crippen molar-refractivity contribution in [3.8, 4) is 0 Å². The van der Waals surface area contributed by atoms with Gasteiger partial charge in [0.25, 0.3) is 5.91 Å². The first-order valence-electron chi connectivity index (χ1n) is 9.38. The van der Waals surface area contributed by atoms with Gasteiger partial charge >= 0.3 is 6.18 Å². The Morgan fingerprint density at radius 1 is 1.19 bits per heavy atom. The SMILES string of the molecule is Cc1c(Cl)cccc1NC(=O)c1cc2n(n1)[C@H](C(F)(F)F)C[C@H](c1ccc(Cl)cc1)N2. The molecule has 0 radical (unpaired) electrons. The van der Waals surface area contributed by atoms with Gasteiger partial charge in [-0.15, -0.1) is 0 Å². The summed E-state index contributed by atoms with van der Waals surface area (Å²) in [5.74, 6) is -0.514. The molecule has 1 aliphatic heterocycles. The van der Waals surface area contributed by atoms with E-state index in [1.807, 2.05) is 0 Å². The Morgan fingerprint density at radius 2 is 1.90 bits per heavy atom. The molecule has 2 aromatic carbocycles. The van der Waals surface area contributed by atoms with E-state index in [0.717, 1.165) is 4.68 Å². The van der Waals surface area contributed by atoms with E-state index in [-0.39, 0.29) is 17.9 Å². The third-order valence-corrected chi connectivity index (χ3v) is 5.87. The minimum Gasteiger partial charge on any atom is -0.363 e. The number of halogens is 5. The molecule has 2 heterocycles. The van der Waals surface area contributed by atoms with Crippen LogP contribution >= 0.6 is 23.2 Å². The van der Waals surface area contributed by atoms with Crippen LogP contribution in [0.4, 0.5) is 24.7 Å². The lowest BCUT2D eigenvalue weighted by Crippen LogP contribution is -2.35. The van der Waals surface area contributed by atoms with E-state index in [4.69, 9.17) is 23.2 Å². The van der Waals surface area contributed by atoms with Gasteiger partial charge in [0, 0.05) is 28.2 Å². The standard InChI is InChI=1S/C21H17Cl2F3N4O/c1-11-14(23)3-2-4-15(11)28-20(31)17-10-19-27-16(12-5-7-13(22)8-6-12)9-18(21(24,25)26)30(19)29-17/h2-8,10,16,18,27H,9H2,1H3,(H,28,31)/t16-,18+/m1/s1. The lowest BCUT2D eigenvalue weighted by molar-refractivity contribution is -0.173. The Bertz CT molecular complexity index is 1130. The molecule has 1 aromatic heterocycles. The molecule has 0 saturated carbocycles. The molecule has 1 amide bonds. The fourth-order valence-electron chi connectivity index (χ4n) is 3.53. The van der Waals surface area contributed by atoms with Crippen LogP contribution in [0.1, 0.15) is 40.1 Å². The predicted molar refractivity (Wildman–Crippen MR) is 114 cm³/mol. The number of rotatable bonds is 3. The molecule has 10 heteroatoms. The summed E-state index contributed by atoms with van der Waals surface area (Å²) in [6, 6.07) is 10.4. The minimum absolute atomic E-state index is 0.112. The zero-order chi connectivity index (χ0) is 22.3. The number of hydrogen-bond acceptors (Lipinski definition) is 3. The zero-order valence-electron chi connectivity index (χ0n) is 16.2. The van der Waals surface area contributed by atoms with Crippen molar-refractivity contribution in [2.75, 3.05) is 10.6 Å². The van der Waals surface area contributed by atoms with Gasteiger partial charge in [0.2, 0.25) is 0 Å². The monoisotopic (exact) mass is 468 g/mol. The van der Waals surface area contributed by atoms with E-state index in [1.54, 1.807) is 49.4 Å². The van der Waals surface area contributed by atoms with E-state index in [2.05, 4.69) is 15.7 Å². The van der Waals surface area contributed by atoms with E-state index in [9.17, 15) is 18.0 Å². The van der Waals surface area contributed by atoms with Gasteiger partial charge in [-0.3, -0.25) is 4.79 Å². The first kappa shape index (κ1) is 21.5. The first-order valence-corrected chi connectivity index (χ1v) is 10.1. The average molecular weight is 469 g/mol. The topological polar surface area (TPSA) is 59.0 Å². The quantitative estimate of drug-likeness (QED) is 0.466. The number of nitrogens with one attached hydrogen (secondary N) is 2. The van der Waals surface area contributed by atoms with Gasteiger partial charge in [-0.2, -0.15) is 18.3 Å². The molecule has 4 rings (SSSR count). The second kappa shape index (κ2) is 8.09. The summed E-state index contributed by atoms with van der Waals surface area (Å²) >= 11 is 12.0. The van der Waals surface area contributed by atoms with Crippen molar-refractivity contribution in [3.63, 3.8) is 0 Å². The second-order valence-electron chi connectivity index (χ2n) is 7.27. The summed E-state index contributed by atoms with van der Waals surface area (Å²) in [6.45, 7) is 1.73. The van der Waals surface area contributed by atoms with Gasteiger partial charge in [0.05, 0.1) is 6.04 Å². The van der Waals surface area contributed by atoms with Gasteiger partial charge in [0.15, 0.2) is 11.7 Å². The highest BCUT2D eigenvalue weighted by Crippen LogP contribution is 2.43. The fourth-order valence-corrected chi connectivity index (χ4v) is 3.83. The molecule has 0 saturated heterocycles. The van der Waals surface area contributed by atoms with E-state index in [0.29, 0.717) is 26.9 Å². The Kier molecular flexibility index (Phi) is 5.61. The smallest absolute Gasteiger partial charge is 0.363 e. The molecular weight excluding hydrogens is 452 g/mol. The number of fused-ring (bicyclic) bond motifs is 1. The molecule has 2 atom stereocenters. The molecule has 0 unspecified atom stereocenters. The first-order chi connectivity index (χ1) is 14.6. The number of nitrogens with zero attached hydrogens (tertiary/aromatic N) is 2. The van der Waals surface area contributed by atoms with E-state index in [1.165, 1.54) is 6.07 Å². The zero-order valence-corrected chi connectivity index (χ0v) is 17.7. The van der Waals surface area contributed by atoms with Crippen LogP contribution in [0.3, 0.4) is 0 Å². The molecule has 5 nitrogen and oxygen atoms in total. The minimum atomic E-state index is -4.54. The number of alkyl halides is 3. The summed E-state index contributed by atoms with van der Waals surface area (Å²) in [6.07, 6.45) is -4.81. The maximum absolute atomic E-state index is 13.8. The predicted octanol–water partition coefficient (Wildman–Crippen LogP) is 6.41. The highest BCUT2D eigenvalue weighted by atomic mass is 35.5. The van der Waals surface area contributed by atoms with Crippen molar-refractivity contribution < 1.29 is 18.0 Å². The molecule has 162 valence electrons. The van der Waals surface area contributed by atoms with Crippen molar-refractivity contribution in [1.82, 2.24) is 9.78 Å². The highest BCUT2D eigenvalue weighted by molar-refractivity contribution is 6.31. The molecule has 2 N–H and O–H groups in total. The third-order valence-electron chi connectivity index (χ3n) is 5.21. The van der Waals surface area contributed by atoms with Gasteiger partial charge in [-0.05, 0) is 42.3 Å². The van der Waals surface area contributed by atoms with Crippen molar-refractivity contribution in [2.24, 2.45) is 0 Å². The molecule has 1 aliphatic rings. The summed E-state index contributed by atoms with van der Waals surface area (Å²) in [5, 5.41) is 10.6. The number of benzene rings is 2. The number of amides is 1. The van der Waals surface area contributed by atoms with Crippen LogP contribution < -0.4 is 10.6 Å². The van der Waals surface area contributed by atoms with Gasteiger partial charge in [-0.1, -0.05) is 41.4 Å². The van der Waals surface area contributed by atoms with Crippen molar-refractivity contribution in [3.05, 3.63) is 75.4 Å². The number of carbonyl (C=O) groups is 1. The lowest BCUT2D eigenvalue weighted by atomic mass is 9.97. The number of carbonyl (C=O) groups excluding carboxylic acids is 1. The number of anilines is 2. The van der Waals surface area contributed by atoms with Crippen LogP contribution in [-0.2, 0) is 0 Å². The summed E-state index contributed by atoms with van der Waals surface area (Å²) in [5.41, 5.74) is 1.64. The molecule has 3 aromatic rings. The normalized spacial score (nSPS) is 18.3. The molecular formula is C21H17Cl2F3N4O. The second-order valence-corrected chi connectivity index (χ2v) is 8.11. The van der Waals surface area contributed by atoms with E-state index < -0.39 is 24.2 Å². The summed E-state index contributed by atoms with van der Waals surface area (Å²) in [4.78, 5) is 12.7. The summed E-state index contributed by atoms with van der Waals surface area (Å²) in [7, 11) is 0. The molecule has 0 spiro atoms. The van der Waals surface area contributed by atoms with Crippen molar-refractivity contribution >= 4 is 40.6 Å². The van der Waals surface area contributed by atoms with Crippen LogP contribution in [0.25, 0.3) is 0 Å². The van der Waals surface area contributed by atoms with Gasteiger partial charge < -0.3 is 10.6 Å². The summed E-state index contributed by atoms with van der Waals surface area (Å²) < 4.78 is 42.2. The largest absolute Gasteiger partial charge is 0.410 e. The average Bonchev–Trinajstić information content (AvgIpc) is 3.14. The van der Waals surface area contributed by atoms with Gasteiger partial charge in [0.1, 0.15) is 5.82 Å². The van der Waals surface area contributed by atoms with Crippen molar-refractivity contribution in [2.45, 2.75) is 31.6 Å². The maximum atomic E-state index is 13.8. The Morgan fingerprint density at radius 3 is 2.58 bits per heavy atom. The van der Waals surface area contributed by atoms with Crippen LogP contribution in [0, 0.1) is 6.92 Å². The third kappa shape index (κ3) is 4.36. The Balaban J connectivity index is 1.65. The van der Waals surface area contributed by atoms with Crippen LogP contribution in [0.2, 0.25) is 10.0 Å². The number of aromatic nitrogens is 2. The Hall–Kier alpha value is -2.71. The Labute approximate surface area is 186 Å². The molecule has 0 bridgehead atoms. The molecule has 31 heavy (non-hydrogen) atoms. The van der Waals surface area contributed by atoms with Crippen LogP contribution in [0.15, 0.2) is 48.5 Å². The fraction of sp³-hybridized carbons (Fsp3) is 0.238. The molecule has 0 aliphatic carbocycles.